The number of alkyl halides is 2. The highest BCUT2D eigenvalue weighted by molar-refractivity contribution is 5.64. The minimum Gasteiger partial charge on any atom is -0.207 e. The van der Waals surface area contributed by atoms with Crippen LogP contribution in [0.3, 0.4) is 0 Å². The first kappa shape index (κ1) is 24.9. The van der Waals surface area contributed by atoms with Crippen LogP contribution in [0, 0.1) is 5.92 Å². The average molecular weight is 441 g/mol. The van der Waals surface area contributed by atoms with E-state index in [4.69, 9.17) is 0 Å². The number of hydrogen-bond acceptors (Lipinski definition) is 0. The highest BCUT2D eigenvalue weighted by atomic mass is 19.3. The van der Waals surface area contributed by atoms with Gasteiger partial charge in [-0.2, -0.15) is 0 Å². The van der Waals surface area contributed by atoms with Crippen molar-refractivity contribution >= 4 is 0 Å². The van der Waals surface area contributed by atoms with Gasteiger partial charge in [0.2, 0.25) is 0 Å². The zero-order chi connectivity index (χ0) is 22.8. The normalized spacial score (nSPS) is 19.2. The molecule has 176 valence electrons. The lowest BCUT2D eigenvalue weighted by atomic mass is 9.77. The molecule has 0 spiro atoms. The van der Waals surface area contributed by atoms with Crippen LogP contribution in [0.5, 0.6) is 0 Å². The van der Waals surface area contributed by atoms with Gasteiger partial charge in [0.1, 0.15) is 0 Å². The van der Waals surface area contributed by atoms with Gasteiger partial charge in [0.15, 0.2) is 0 Å². The summed E-state index contributed by atoms with van der Waals surface area (Å²) in [5.41, 5.74) is 4.46. The van der Waals surface area contributed by atoms with Gasteiger partial charge in [-0.1, -0.05) is 101 Å². The maximum absolute atomic E-state index is 14.3. The summed E-state index contributed by atoms with van der Waals surface area (Å²) in [4.78, 5) is 0. The quantitative estimate of drug-likeness (QED) is 0.288. The molecule has 3 rings (SSSR count). The summed E-state index contributed by atoms with van der Waals surface area (Å²) in [5, 5.41) is 0. The molecular formula is C30H42F2. The summed E-state index contributed by atoms with van der Waals surface area (Å²) in [6.07, 6.45) is 12.9. The SMILES string of the molecule is CCCCCCC(F)(F)Cc1ccc(-c2ccc([C@H]3CC[C@H](CCCC)CC3)cc2)cc1. The topological polar surface area (TPSA) is 0 Å². The average Bonchev–Trinajstić information content (AvgIpc) is 2.81. The lowest BCUT2D eigenvalue weighted by Crippen LogP contribution is -2.19. The van der Waals surface area contributed by atoms with Crippen LogP contribution in [0.2, 0.25) is 0 Å². The highest BCUT2D eigenvalue weighted by Crippen LogP contribution is 2.38. The van der Waals surface area contributed by atoms with Crippen molar-refractivity contribution < 1.29 is 8.78 Å². The number of rotatable bonds is 12. The molecule has 0 heterocycles. The van der Waals surface area contributed by atoms with Crippen LogP contribution in [0.15, 0.2) is 48.5 Å². The first-order valence-corrected chi connectivity index (χ1v) is 13.1. The van der Waals surface area contributed by atoms with Gasteiger partial charge in [-0.05, 0) is 66.2 Å². The van der Waals surface area contributed by atoms with E-state index in [-0.39, 0.29) is 12.8 Å². The zero-order valence-electron chi connectivity index (χ0n) is 20.2. The molecule has 0 nitrogen and oxygen atoms in total. The van der Waals surface area contributed by atoms with Crippen molar-refractivity contribution in [3.8, 4) is 11.1 Å². The summed E-state index contributed by atoms with van der Waals surface area (Å²) in [6.45, 7) is 4.39. The minimum absolute atomic E-state index is 0.00324. The largest absolute Gasteiger partial charge is 0.252 e. The maximum Gasteiger partial charge on any atom is 0.252 e. The van der Waals surface area contributed by atoms with E-state index in [9.17, 15) is 8.78 Å². The monoisotopic (exact) mass is 440 g/mol. The molecule has 1 aliphatic rings. The summed E-state index contributed by atoms with van der Waals surface area (Å²) in [7, 11) is 0. The van der Waals surface area contributed by atoms with E-state index in [1.807, 2.05) is 24.3 Å². The summed E-state index contributed by atoms with van der Waals surface area (Å²) in [6, 6.07) is 16.7. The fraction of sp³-hybridized carbons (Fsp3) is 0.600. The van der Waals surface area contributed by atoms with Gasteiger partial charge < -0.3 is 0 Å². The predicted octanol–water partition coefficient (Wildman–Crippen LogP) is 9.97. The molecule has 0 unspecified atom stereocenters. The van der Waals surface area contributed by atoms with Crippen molar-refractivity contribution in [2.75, 3.05) is 0 Å². The van der Waals surface area contributed by atoms with Gasteiger partial charge in [0, 0.05) is 12.8 Å². The van der Waals surface area contributed by atoms with Crippen molar-refractivity contribution in [2.45, 2.75) is 109 Å². The van der Waals surface area contributed by atoms with Crippen molar-refractivity contribution in [3.63, 3.8) is 0 Å². The van der Waals surface area contributed by atoms with Crippen LogP contribution in [-0.2, 0) is 6.42 Å². The lowest BCUT2D eigenvalue weighted by Gasteiger charge is -2.29. The molecule has 1 saturated carbocycles. The first-order chi connectivity index (χ1) is 15.5. The number of halogens is 2. The molecule has 2 aromatic carbocycles. The maximum atomic E-state index is 14.3. The Balaban J connectivity index is 1.52. The molecule has 0 aromatic heterocycles. The van der Waals surface area contributed by atoms with E-state index >= 15 is 0 Å². The van der Waals surface area contributed by atoms with Gasteiger partial charge >= 0.3 is 0 Å². The lowest BCUT2D eigenvalue weighted by molar-refractivity contribution is -0.00948. The van der Waals surface area contributed by atoms with Gasteiger partial charge in [-0.15, -0.1) is 0 Å². The molecule has 0 atom stereocenters. The molecule has 1 aliphatic carbocycles. The summed E-state index contributed by atoms with van der Waals surface area (Å²) < 4.78 is 28.5. The van der Waals surface area contributed by atoms with Crippen molar-refractivity contribution in [1.29, 1.82) is 0 Å². The molecule has 0 amide bonds. The molecule has 0 aliphatic heterocycles. The standard InChI is InChI=1S/C30H42F2/c1-3-5-7-8-22-30(31,32)23-25-12-16-27(17-13-25)29-20-18-28(19-21-29)26-14-10-24(11-15-26)9-6-4-2/h12-13,16-21,24,26H,3-11,14-15,22-23H2,1-2H3/t24-,26-. The first-order valence-electron chi connectivity index (χ1n) is 13.1. The third kappa shape index (κ3) is 7.71. The van der Waals surface area contributed by atoms with E-state index in [1.54, 1.807) is 0 Å². The van der Waals surface area contributed by atoms with Gasteiger partial charge in [0.25, 0.3) is 5.92 Å². The van der Waals surface area contributed by atoms with Crippen LogP contribution in [0.1, 0.15) is 108 Å². The second-order valence-electron chi connectivity index (χ2n) is 10.0. The third-order valence-corrected chi connectivity index (χ3v) is 7.34. The van der Waals surface area contributed by atoms with Crippen LogP contribution in [-0.4, -0.2) is 5.92 Å². The number of benzene rings is 2. The Morgan fingerprint density at radius 1 is 0.719 bits per heavy atom. The molecule has 2 aromatic rings. The van der Waals surface area contributed by atoms with Crippen molar-refractivity contribution in [3.05, 3.63) is 59.7 Å². The molecule has 0 N–H and O–H groups in total. The van der Waals surface area contributed by atoms with E-state index in [0.717, 1.165) is 36.3 Å². The predicted molar refractivity (Wildman–Crippen MR) is 134 cm³/mol. The fourth-order valence-corrected chi connectivity index (χ4v) is 5.24. The Labute approximate surface area is 194 Å². The Hall–Kier alpha value is -1.70. The molecule has 1 fully saturated rings. The Morgan fingerprint density at radius 3 is 1.91 bits per heavy atom. The fourth-order valence-electron chi connectivity index (χ4n) is 5.24. The van der Waals surface area contributed by atoms with Crippen LogP contribution >= 0.6 is 0 Å². The molecule has 0 saturated heterocycles. The minimum atomic E-state index is -2.60. The molecule has 0 radical (unpaired) electrons. The van der Waals surface area contributed by atoms with Crippen molar-refractivity contribution in [2.24, 2.45) is 5.92 Å². The van der Waals surface area contributed by atoms with Crippen LogP contribution in [0.25, 0.3) is 11.1 Å². The van der Waals surface area contributed by atoms with Crippen LogP contribution < -0.4 is 0 Å². The molecular weight excluding hydrogens is 398 g/mol. The van der Waals surface area contributed by atoms with E-state index in [1.165, 1.54) is 56.1 Å². The second-order valence-corrected chi connectivity index (χ2v) is 10.0. The Morgan fingerprint density at radius 2 is 1.31 bits per heavy atom. The highest BCUT2D eigenvalue weighted by Gasteiger charge is 2.28. The van der Waals surface area contributed by atoms with E-state index in [2.05, 4.69) is 38.1 Å². The summed E-state index contributed by atoms with van der Waals surface area (Å²) in [5.74, 6) is -0.969. The second kappa shape index (κ2) is 12.5. The number of hydrogen-bond donors (Lipinski definition) is 0. The zero-order valence-corrected chi connectivity index (χ0v) is 20.2. The Bertz CT molecular complexity index is 767. The molecule has 32 heavy (non-hydrogen) atoms. The van der Waals surface area contributed by atoms with Gasteiger partial charge in [0.05, 0.1) is 0 Å². The van der Waals surface area contributed by atoms with Crippen molar-refractivity contribution in [1.82, 2.24) is 0 Å². The van der Waals surface area contributed by atoms with E-state index in [0.29, 0.717) is 12.3 Å². The Kier molecular flexibility index (Phi) is 9.75. The number of unbranched alkanes of at least 4 members (excludes halogenated alkanes) is 4. The van der Waals surface area contributed by atoms with Gasteiger partial charge in [-0.3, -0.25) is 0 Å². The van der Waals surface area contributed by atoms with Crippen LogP contribution in [0.4, 0.5) is 8.78 Å². The molecule has 2 heteroatoms. The summed E-state index contributed by atoms with van der Waals surface area (Å²) >= 11 is 0. The third-order valence-electron chi connectivity index (χ3n) is 7.34. The smallest absolute Gasteiger partial charge is 0.207 e. The van der Waals surface area contributed by atoms with Gasteiger partial charge in [-0.25, -0.2) is 8.78 Å². The molecule has 0 bridgehead atoms. The van der Waals surface area contributed by atoms with E-state index < -0.39 is 5.92 Å².